The maximum atomic E-state index is 5.51. The Hall–Kier alpha value is 0.0569. The molecule has 0 radical (unpaired) electrons. The van der Waals surface area contributed by atoms with Gasteiger partial charge in [-0.15, -0.1) is 0 Å². The number of ether oxygens (including phenoxy) is 1. The van der Waals surface area contributed by atoms with Crippen LogP contribution in [0, 0.1) is 0 Å². The number of rotatable bonds is 9. The molecule has 0 spiro atoms. The van der Waals surface area contributed by atoms with Crippen LogP contribution in [0.25, 0.3) is 0 Å². The van der Waals surface area contributed by atoms with Gasteiger partial charge in [0, 0.05) is 20.8 Å². The van der Waals surface area contributed by atoms with Gasteiger partial charge in [0.05, 0.1) is 6.73 Å². The van der Waals surface area contributed by atoms with Gasteiger partial charge in [0.25, 0.3) is 0 Å². The molecule has 0 amide bonds. The van der Waals surface area contributed by atoms with E-state index in [2.05, 4.69) is 6.92 Å². The van der Waals surface area contributed by atoms with Crippen LogP contribution in [0.5, 0.6) is 0 Å². The van der Waals surface area contributed by atoms with Crippen LogP contribution >= 0.6 is 0 Å². The number of hydrogen-bond acceptors (Lipinski definition) is 4. The molecule has 4 nitrogen and oxygen atoms in total. The first-order valence-electron chi connectivity index (χ1n) is 5.43. The predicted octanol–water partition coefficient (Wildman–Crippen LogP) is 1.67. The molecule has 0 aromatic carbocycles. The highest BCUT2D eigenvalue weighted by Gasteiger charge is 2.32. The van der Waals surface area contributed by atoms with Crippen molar-refractivity contribution >= 4 is 8.56 Å². The van der Waals surface area contributed by atoms with Crippen LogP contribution in [0.15, 0.2) is 0 Å². The lowest BCUT2D eigenvalue weighted by Gasteiger charge is -2.25. The highest BCUT2D eigenvalue weighted by molar-refractivity contribution is 6.67. The van der Waals surface area contributed by atoms with Gasteiger partial charge in [0.1, 0.15) is 0 Å². The van der Waals surface area contributed by atoms with Crippen LogP contribution in [0.2, 0.25) is 12.1 Å². The zero-order valence-electron chi connectivity index (χ0n) is 10.7. The van der Waals surface area contributed by atoms with E-state index < -0.39 is 8.56 Å². The largest absolute Gasteiger partial charge is 0.398 e. The molecule has 0 rings (SSSR count). The Labute approximate surface area is 94.8 Å². The lowest BCUT2D eigenvalue weighted by molar-refractivity contribution is 0.0555. The third kappa shape index (κ3) is 6.27. The van der Waals surface area contributed by atoms with Crippen LogP contribution in [-0.2, 0) is 13.6 Å². The summed E-state index contributed by atoms with van der Waals surface area (Å²) < 4.78 is 16.5. The molecule has 0 unspecified atom stereocenters. The summed E-state index contributed by atoms with van der Waals surface area (Å²) in [5.41, 5.74) is 0. The summed E-state index contributed by atoms with van der Waals surface area (Å²) >= 11 is 0. The first-order chi connectivity index (χ1) is 7.10. The van der Waals surface area contributed by atoms with E-state index in [0.717, 1.165) is 25.1 Å². The Morgan fingerprint density at radius 2 is 1.73 bits per heavy atom. The minimum atomic E-state index is -1.89. The van der Waals surface area contributed by atoms with E-state index in [4.69, 9.17) is 13.6 Å². The van der Waals surface area contributed by atoms with Gasteiger partial charge in [-0.3, -0.25) is 4.90 Å². The third-order valence-electron chi connectivity index (χ3n) is 2.48. The second-order valence-corrected chi connectivity index (χ2v) is 7.74. The van der Waals surface area contributed by atoms with E-state index in [9.17, 15) is 0 Å². The van der Waals surface area contributed by atoms with Crippen molar-refractivity contribution in [3.05, 3.63) is 0 Å². The summed E-state index contributed by atoms with van der Waals surface area (Å²) in [5, 5.41) is 0. The quantitative estimate of drug-likeness (QED) is 0.345. The fourth-order valence-corrected chi connectivity index (χ4v) is 3.63. The van der Waals surface area contributed by atoms with Gasteiger partial charge in [-0.2, -0.15) is 0 Å². The minimum absolute atomic E-state index is 0.681. The molecule has 0 saturated carbocycles. The second kappa shape index (κ2) is 8.24. The Balaban J connectivity index is 3.63. The van der Waals surface area contributed by atoms with E-state index in [-0.39, 0.29) is 0 Å². The SMILES string of the molecule is CC[Si](CCCOCN(C)C)(OC)OC. The van der Waals surface area contributed by atoms with Crippen molar-refractivity contribution in [1.82, 2.24) is 4.90 Å². The molecule has 0 aliphatic heterocycles. The van der Waals surface area contributed by atoms with Crippen LogP contribution in [0.4, 0.5) is 0 Å². The molecule has 0 atom stereocenters. The van der Waals surface area contributed by atoms with E-state index in [1.807, 2.05) is 19.0 Å². The fraction of sp³-hybridized carbons (Fsp3) is 1.00. The molecule has 0 aliphatic carbocycles. The van der Waals surface area contributed by atoms with Crippen molar-refractivity contribution in [3.8, 4) is 0 Å². The van der Waals surface area contributed by atoms with Crippen LogP contribution < -0.4 is 0 Å². The Morgan fingerprint density at radius 1 is 1.13 bits per heavy atom. The highest BCUT2D eigenvalue weighted by Crippen LogP contribution is 2.18. The molecule has 0 bridgehead atoms. The van der Waals surface area contributed by atoms with Gasteiger partial charge in [0.15, 0.2) is 0 Å². The average Bonchev–Trinajstić information content (AvgIpc) is 2.24. The molecule has 0 fully saturated rings. The second-order valence-electron chi connectivity index (χ2n) is 3.89. The number of hydrogen-bond donors (Lipinski definition) is 0. The van der Waals surface area contributed by atoms with Gasteiger partial charge in [-0.1, -0.05) is 6.92 Å². The summed E-state index contributed by atoms with van der Waals surface area (Å²) in [7, 11) is 5.60. The Morgan fingerprint density at radius 3 is 2.13 bits per heavy atom. The van der Waals surface area contributed by atoms with E-state index in [1.165, 1.54) is 0 Å². The topological polar surface area (TPSA) is 30.9 Å². The van der Waals surface area contributed by atoms with Gasteiger partial charge >= 0.3 is 8.56 Å². The lowest BCUT2D eigenvalue weighted by atomic mass is 10.5. The molecule has 0 heterocycles. The van der Waals surface area contributed by atoms with Gasteiger partial charge in [0.2, 0.25) is 0 Å². The molecule has 0 saturated heterocycles. The van der Waals surface area contributed by atoms with Crippen LogP contribution in [0.1, 0.15) is 13.3 Å². The Bertz CT molecular complexity index is 143. The molecular formula is C10H25NO3Si. The lowest BCUT2D eigenvalue weighted by Crippen LogP contribution is -2.39. The smallest absolute Gasteiger partial charge is 0.337 e. The molecule has 0 N–H and O–H groups in total. The maximum absolute atomic E-state index is 5.51. The monoisotopic (exact) mass is 235 g/mol. The summed E-state index contributed by atoms with van der Waals surface area (Å²) in [6.07, 6.45) is 1.01. The minimum Gasteiger partial charge on any atom is -0.398 e. The van der Waals surface area contributed by atoms with Crippen LogP contribution in [-0.4, -0.2) is 55.1 Å². The summed E-state index contributed by atoms with van der Waals surface area (Å²) in [4.78, 5) is 2.01. The van der Waals surface area contributed by atoms with E-state index in [0.29, 0.717) is 6.73 Å². The first-order valence-corrected chi connectivity index (χ1v) is 7.66. The fourth-order valence-electron chi connectivity index (χ4n) is 1.44. The standard InChI is InChI=1S/C10H25NO3Si/c1-6-15(12-4,13-5)9-7-8-14-10-11(2)3/h6-10H2,1-5H3. The van der Waals surface area contributed by atoms with E-state index >= 15 is 0 Å². The molecule has 0 aromatic heterocycles. The van der Waals surface area contributed by atoms with Gasteiger partial charge in [-0.05, 0) is 32.6 Å². The molecule has 0 aliphatic rings. The van der Waals surface area contributed by atoms with Crippen molar-refractivity contribution in [3.63, 3.8) is 0 Å². The van der Waals surface area contributed by atoms with Gasteiger partial charge in [-0.25, -0.2) is 0 Å². The summed E-state index contributed by atoms with van der Waals surface area (Å²) in [6.45, 7) is 3.58. The molecule has 5 heteroatoms. The first kappa shape index (κ1) is 15.1. The zero-order valence-corrected chi connectivity index (χ0v) is 11.7. The van der Waals surface area contributed by atoms with Gasteiger partial charge < -0.3 is 13.6 Å². The molecule has 92 valence electrons. The maximum Gasteiger partial charge on any atom is 0.337 e. The predicted molar refractivity (Wildman–Crippen MR) is 64.2 cm³/mol. The third-order valence-corrected chi connectivity index (χ3v) is 6.16. The molecular weight excluding hydrogens is 210 g/mol. The summed E-state index contributed by atoms with van der Waals surface area (Å²) in [6, 6.07) is 2.00. The number of nitrogens with zero attached hydrogens (tertiary/aromatic N) is 1. The van der Waals surface area contributed by atoms with Crippen molar-refractivity contribution < 1.29 is 13.6 Å². The van der Waals surface area contributed by atoms with Crippen molar-refractivity contribution in [2.45, 2.75) is 25.4 Å². The van der Waals surface area contributed by atoms with Crippen molar-refractivity contribution in [2.75, 3.05) is 41.7 Å². The highest BCUT2D eigenvalue weighted by atomic mass is 28.4. The normalized spacial score (nSPS) is 12.4. The zero-order chi connectivity index (χ0) is 11.7. The molecule has 15 heavy (non-hydrogen) atoms. The molecule has 0 aromatic rings. The van der Waals surface area contributed by atoms with Crippen LogP contribution in [0.3, 0.4) is 0 Å². The average molecular weight is 235 g/mol. The van der Waals surface area contributed by atoms with E-state index in [1.54, 1.807) is 14.2 Å². The van der Waals surface area contributed by atoms with Crippen molar-refractivity contribution in [2.24, 2.45) is 0 Å². The summed E-state index contributed by atoms with van der Waals surface area (Å²) in [5.74, 6) is 0. The van der Waals surface area contributed by atoms with Crippen molar-refractivity contribution in [1.29, 1.82) is 0 Å². The Kier molecular flexibility index (Phi) is 8.27.